The van der Waals surface area contributed by atoms with Crippen LogP contribution >= 0.6 is 11.3 Å². The first-order valence-corrected chi connectivity index (χ1v) is 11.5. The molecule has 1 amide bonds. The highest BCUT2D eigenvalue weighted by Gasteiger charge is 2.17. The van der Waals surface area contributed by atoms with Crippen molar-refractivity contribution in [2.75, 3.05) is 26.6 Å². The van der Waals surface area contributed by atoms with Crippen LogP contribution in [0.1, 0.15) is 10.4 Å². The highest BCUT2D eigenvalue weighted by atomic mass is 32.1. The molecular weight excluding hydrogens is 466 g/mol. The van der Waals surface area contributed by atoms with E-state index in [0.717, 1.165) is 16.1 Å². The molecule has 0 bridgehead atoms. The van der Waals surface area contributed by atoms with Gasteiger partial charge in [0.1, 0.15) is 0 Å². The molecular formula is C25H21N5O4S. The normalized spacial score (nSPS) is 10.8. The van der Waals surface area contributed by atoms with Crippen LogP contribution in [0.4, 0.5) is 5.69 Å². The van der Waals surface area contributed by atoms with Crippen LogP contribution in [0.15, 0.2) is 66.0 Å². The Morgan fingerprint density at radius 1 is 0.914 bits per heavy atom. The molecule has 0 saturated carbocycles. The topological polar surface area (TPSA) is 99.9 Å². The lowest BCUT2D eigenvalue weighted by atomic mass is 10.1. The standard InChI is InChI=1S/C25H21N5O4S/c1-32-19-13-16(14-20(33-2)23(19)34-3)25(31)26-17-8-6-15(7-9-17)18-10-11-22-27-28-24(30(22)29-18)21-5-4-12-35-21/h4-14H,1-3H3,(H,26,31). The Morgan fingerprint density at radius 2 is 1.66 bits per heavy atom. The van der Waals surface area contributed by atoms with Crippen molar-refractivity contribution in [1.29, 1.82) is 0 Å². The third-order valence-electron chi connectivity index (χ3n) is 5.37. The lowest BCUT2D eigenvalue weighted by molar-refractivity contribution is 0.102. The summed E-state index contributed by atoms with van der Waals surface area (Å²) < 4.78 is 17.7. The van der Waals surface area contributed by atoms with Gasteiger partial charge < -0.3 is 19.5 Å². The number of rotatable bonds is 7. The van der Waals surface area contributed by atoms with E-state index in [1.54, 1.807) is 28.0 Å². The molecule has 35 heavy (non-hydrogen) atoms. The van der Waals surface area contributed by atoms with Crippen molar-refractivity contribution in [1.82, 2.24) is 19.8 Å². The summed E-state index contributed by atoms with van der Waals surface area (Å²) in [5.41, 5.74) is 3.34. The van der Waals surface area contributed by atoms with Crippen LogP contribution in [0.25, 0.3) is 27.6 Å². The molecule has 0 aliphatic heterocycles. The van der Waals surface area contributed by atoms with Crippen LogP contribution in [0.2, 0.25) is 0 Å². The molecule has 0 atom stereocenters. The Balaban J connectivity index is 1.38. The number of hydrogen-bond acceptors (Lipinski definition) is 8. The molecule has 176 valence electrons. The number of carbonyl (C=O) groups is 1. The molecule has 9 nitrogen and oxygen atoms in total. The number of nitrogens with zero attached hydrogens (tertiary/aromatic N) is 4. The smallest absolute Gasteiger partial charge is 0.255 e. The predicted octanol–water partition coefficient (Wildman–Crippen LogP) is 4.80. The number of nitrogens with one attached hydrogen (secondary N) is 1. The average molecular weight is 488 g/mol. The number of hydrogen-bond donors (Lipinski definition) is 1. The number of benzene rings is 2. The number of carbonyl (C=O) groups excluding carboxylic acids is 1. The number of ether oxygens (including phenoxy) is 3. The van der Waals surface area contributed by atoms with E-state index in [4.69, 9.17) is 19.3 Å². The van der Waals surface area contributed by atoms with E-state index in [9.17, 15) is 4.79 Å². The highest BCUT2D eigenvalue weighted by molar-refractivity contribution is 7.13. The Labute approximate surface area is 204 Å². The summed E-state index contributed by atoms with van der Waals surface area (Å²) in [7, 11) is 4.53. The summed E-state index contributed by atoms with van der Waals surface area (Å²) in [6.07, 6.45) is 0. The number of aromatic nitrogens is 4. The second kappa shape index (κ2) is 9.43. The van der Waals surface area contributed by atoms with Gasteiger partial charge in [0, 0.05) is 16.8 Å². The molecule has 0 spiro atoms. The zero-order chi connectivity index (χ0) is 24.4. The largest absolute Gasteiger partial charge is 0.493 e. The summed E-state index contributed by atoms with van der Waals surface area (Å²) >= 11 is 1.58. The van der Waals surface area contributed by atoms with Crippen molar-refractivity contribution in [3.63, 3.8) is 0 Å². The minimum absolute atomic E-state index is 0.304. The number of amides is 1. The lowest BCUT2D eigenvalue weighted by Crippen LogP contribution is -2.12. The number of fused-ring (bicyclic) bond motifs is 1. The van der Waals surface area contributed by atoms with E-state index < -0.39 is 0 Å². The minimum Gasteiger partial charge on any atom is -0.493 e. The summed E-state index contributed by atoms with van der Waals surface area (Å²) in [6, 6.07) is 18.4. The van der Waals surface area contributed by atoms with Gasteiger partial charge in [0.05, 0.1) is 31.9 Å². The summed E-state index contributed by atoms with van der Waals surface area (Å²) in [4.78, 5) is 13.9. The van der Waals surface area contributed by atoms with Crippen molar-refractivity contribution >= 4 is 28.6 Å². The van der Waals surface area contributed by atoms with Crippen molar-refractivity contribution in [2.24, 2.45) is 0 Å². The molecule has 3 aromatic heterocycles. The molecule has 0 aliphatic carbocycles. The molecule has 0 fully saturated rings. The SMILES string of the molecule is COc1cc(C(=O)Nc2ccc(-c3ccc4nnc(-c5cccs5)n4n3)cc2)cc(OC)c1OC. The van der Waals surface area contributed by atoms with Gasteiger partial charge >= 0.3 is 0 Å². The first-order chi connectivity index (χ1) is 17.1. The van der Waals surface area contributed by atoms with Crippen molar-refractivity contribution in [2.45, 2.75) is 0 Å². The van der Waals surface area contributed by atoms with E-state index >= 15 is 0 Å². The van der Waals surface area contributed by atoms with Gasteiger partial charge in [-0.25, -0.2) is 0 Å². The van der Waals surface area contributed by atoms with Gasteiger partial charge in [0.2, 0.25) is 5.75 Å². The Kier molecular flexibility index (Phi) is 6.02. The molecule has 5 rings (SSSR count). The lowest BCUT2D eigenvalue weighted by Gasteiger charge is -2.14. The van der Waals surface area contributed by atoms with E-state index in [2.05, 4.69) is 15.5 Å². The molecule has 3 heterocycles. The molecule has 2 aromatic carbocycles. The third kappa shape index (κ3) is 4.26. The zero-order valence-electron chi connectivity index (χ0n) is 19.2. The predicted molar refractivity (Wildman–Crippen MR) is 134 cm³/mol. The van der Waals surface area contributed by atoms with E-state index in [1.807, 2.05) is 53.9 Å². The minimum atomic E-state index is -0.304. The van der Waals surface area contributed by atoms with Crippen LogP contribution < -0.4 is 19.5 Å². The number of methoxy groups -OCH3 is 3. The first-order valence-electron chi connectivity index (χ1n) is 10.6. The average Bonchev–Trinajstić information content (AvgIpc) is 3.57. The maximum Gasteiger partial charge on any atom is 0.255 e. The fraction of sp³-hybridized carbons (Fsp3) is 0.120. The molecule has 0 aliphatic rings. The van der Waals surface area contributed by atoms with Gasteiger partial charge in [-0.3, -0.25) is 4.79 Å². The number of thiophene rings is 1. The van der Waals surface area contributed by atoms with Gasteiger partial charge in [0.15, 0.2) is 23.0 Å². The molecule has 5 aromatic rings. The maximum absolute atomic E-state index is 12.9. The van der Waals surface area contributed by atoms with Crippen LogP contribution in [-0.2, 0) is 0 Å². The fourth-order valence-corrected chi connectivity index (χ4v) is 4.34. The van der Waals surface area contributed by atoms with E-state index in [1.165, 1.54) is 21.3 Å². The van der Waals surface area contributed by atoms with Crippen molar-refractivity contribution in [3.8, 4) is 39.2 Å². The number of anilines is 1. The maximum atomic E-state index is 12.9. The Bertz CT molecular complexity index is 1470. The van der Waals surface area contributed by atoms with Crippen LogP contribution in [0.3, 0.4) is 0 Å². The molecule has 0 unspecified atom stereocenters. The Hall–Kier alpha value is -4.44. The van der Waals surface area contributed by atoms with Crippen molar-refractivity contribution in [3.05, 3.63) is 71.6 Å². The van der Waals surface area contributed by atoms with Crippen LogP contribution in [0, 0.1) is 0 Å². The third-order valence-corrected chi connectivity index (χ3v) is 6.24. The first kappa shape index (κ1) is 22.4. The second-order valence-electron chi connectivity index (χ2n) is 7.43. The highest BCUT2D eigenvalue weighted by Crippen LogP contribution is 2.38. The summed E-state index contributed by atoms with van der Waals surface area (Å²) in [5, 5.41) is 18.1. The molecule has 0 saturated heterocycles. The zero-order valence-corrected chi connectivity index (χ0v) is 20.0. The molecule has 1 N–H and O–H groups in total. The van der Waals surface area contributed by atoms with Gasteiger partial charge in [-0.1, -0.05) is 18.2 Å². The summed E-state index contributed by atoms with van der Waals surface area (Å²) in [5.74, 6) is 1.64. The van der Waals surface area contributed by atoms with Crippen LogP contribution in [-0.4, -0.2) is 47.0 Å². The van der Waals surface area contributed by atoms with Crippen LogP contribution in [0.5, 0.6) is 17.2 Å². The van der Waals surface area contributed by atoms with Gasteiger partial charge in [0.25, 0.3) is 5.91 Å². The van der Waals surface area contributed by atoms with Gasteiger partial charge in [-0.05, 0) is 47.8 Å². The van der Waals surface area contributed by atoms with Gasteiger partial charge in [-0.15, -0.1) is 21.5 Å². The van der Waals surface area contributed by atoms with E-state index in [-0.39, 0.29) is 5.91 Å². The van der Waals surface area contributed by atoms with Gasteiger partial charge in [-0.2, -0.15) is 9.61 Å². The Morgan fingerprint density at radius 3 is 2.29 bits per heavy atom. The van der Waals surface area contributed by atoms with E-state index in [0.29, 0.717) is 40.0 Å². The molecule has 10 heteroatoms. The fourth-order valence-electron chi connectivity index (χ4n) is 3.64. The second-order valence-corrected chi connectivity index (χ2v) is 8.38. The molecule has 0 radical (unpaired) electrons. The monoisotopic (exact) mass is 487 g/mol. The quantitative estimate of drug-likeness (QED) is 0.352. The summed E-state index contributed by atoms with van der Waals surface area (Å²) in [6.45, 7) is 0. The van der Waals surface area contributed by atoms with Crippen molar-refractivity contribution < 1.29 is 19.0 Å².